The molecule has 0 amide bonds. The van der Waals surface area contributed by atoms with Crippen molar-refractivity contribution in [3.63, 3.8) is 0 Å². The number of thioether (sulfide) groups is 1. The van der Waals surface area contributed by atoms with Crippen LogP contribution in [0.5, 0.6) is 0 Å². The summed E-state index contributed by atoms with van der Waals surface area (Å²) >= 11 is 3.85. The molecule has 7 heteroatoms. The minimum atomic E-state index is 0.419. The average Bonchev–Trinajstić information content (AvgIpc) is 3.17. The Labute approximate surface area is 167 Å². The molecule has 2 aliphatic rings. The van der Waals surface area contributed by atoms with Crippen LogP contribution >= 0.6 is 23.1 Å². The van der Waals surface area contributed by atoms with Gasteiger partial charge in [0.25, 0.3) is 0 Å². The van der Waals surface area contributed by atoms with Gasteiger partial charge >= 0.3 is 6.01 Å². The van der Waals surface area contributed by atoms with Crippen LogP contribution in [0.4, 0.5) is 11.7 Å². The highest BCUT2D eigenvalue weighted by atomic mass is 32.2. The van der Waals surface area contributed by atoms with Gasteiger partial charge in [-0.3, -0.25) is 0 Å². The third-order valence-electron chi connectivity index (χ3n) is 5.15. The Morgan fingerprint density at radius 2 is 2.00 bits per heavy atom. The molecule has 27 heavy (non-hydrogen) atoms. The van der Waals surface area contributed by atoms with Crippen molar-refractivity contribution >= 4 is 34.8 Å². The second-order valence-corrected chi connectivity index (χ2v) is 9.70. The maximum Gasteiger partial charge on any atom is 0.319 e. The molecule has 2 aromatic heterocycles. The predicted molar refractivity (Wildman–Crippen MR) is 110 cm³/mol. The van der Waals surface area contributed by atoms with Crippen molar-refractivity contribution in [2.45, 2.75) is 61.0 Å². The number of hydrogen-bond acceptors (Lipinski definition) is 7. The van der Waals surface area contributed by atoms with Crippen LogP contribution in [0.2, 0.25) is 0 Å². The minimum absolute atomic E-state index is 0.419. The largest absolute Gasteiger partial charge is 0.411 e. The number of hydrogen-bond donors (Lipinski definition) is 1. The summed E-state index contributed by atoms with van der Waals surface area (Å²) in [6, 6.07) is 6.89. The quantitative estimate of drug-likeness (QED) is 0.530. The lowest BCUT2D eigenvalue weighted by Crippen LogP contribution is -2.03. The van der Waals surface area contributed by atoms with Gasteiger partial charge in [-0.1, -0.05) is 30.4 Å². The first-order chi connectivity index (χ1) is 13.3. The number of nitrogens with zero attached hydrogens (tertiary/aromatic N) is 3. The van der Waals surface area contributed by atoms with Gasteiger partial charge < -0.3 is 9.73 Å². The van der Waals surface area contributed by atoms with Crippen molar-refractivity contribution in [3.8, 4) is 10.4 Å². The van der Waals surface area contributed by atoms with Gasteiger partial charge in [0.2, 0.25) is 6.39 Å². The lowest BCUT2D eigenvalue weighted by atomic mass is 9.90. The molecule has 3 aromatic rings. The third kappa shape index (κ3) is 4.04. The molecule has 2 fully saturated rings. The van der Waals surface area contributed by atoms with E-state index in [1.807, 2.05) is 23.1 Å². The fraction of sp³-hybridized carbons (Fsp3) is 0.450. The molecule has 0 atom stereocenters. The fourth-order valence-electron chi connectivity index (χ4n) is 3.57. The number of rotatable bonds is 6. The van der Waals surface area contributed by atoms with Crippen LogP contribution in [0, 0.1) is 0 Å². The molecule has 0 aliphatic heterocycles. The fourth-order valence-corrected chi connectivity index (χ4v) is 5.99. The van der Waals surface area contributed by atoms with Crippen molar-refractivity contribution < 1.29 is 4.42 Å². The molecular weight excluding hydrogens is 376 g/mol. The zero-order chi connectivity index (χ0) is 18.1. The average molecular weight is 399 g/mol. The lowest BCUT2D eigenvalue weighted by Gasteiger charge is -2.18. The lowest BCUT2D eigenvalue weighted by molar-refractivity contribution is 0.442. The molecule has 5 nitrogen and oxygen atoms in total. The van der Waals surface area contributed by atoms with Crippen LogP contribution in [-0.4, -0.2) is 20.4 Å². The number of anilines is 2. The van der Waals surface area contributed by atoms with E-state index in [2.05, 4.69) is 39.9 Å². The summed E-state index contributed by atoms with van der Waals surface area (Å²) in [7, 11) is 0. The number of thiazole rings is 1. The molecule has 0 unspecified atom stereocenters. The van der Waals surface area contributed by atoms with Gasteiger partial charge in [-0.25, -0.2) is 4.98 Å². The molecule has 0 bridgehead atoms. The van der Waals surface area contributed by atoms with Crippen LogP contribution in [0.3, 0.4) is 0 Å². The van der Waals surface area contributed by atoms with E-state index in [4.69, 9.17) is 9.40 Å². The Bertz CT molecular complexity index is 899. The van der Waals surface area contributed by atoms with Crippen LogP contribution < -0.4 is 5.32 Å². The minimum Gasteiger partial charge on any atom is -0.411 e. The van der Waals surface area contributed by atoms with Gasteiger partial charge in [0, 0.05) is 33.5 Å². The van der Waals surface area contributed by atoms with Crippen LogP contribution in [0.1, 0.15) is 55.9 Å². The van der Waals surface area contributed by atoms with Gasteiger partial charge in [-0.05, 0) is 37.8 Å². The van der Waals surface area contributed by atoms with Gasteiger partial charge in [0.15, 0.2) is 0 Å². The molecule has 2 aliphatic carbocycles. The Morgan fingerprint density at radius 3 is 2.78 bits per heavy atom. The smallest absolute Gasteiger partial charge is 0.319 e. The van der Waals surface area contributed by atoms with Gasteiger partial charge in [-0.15, -0.1) is 28.2 Å². The van der Waals surface area contributed by atoms with Crippen molar-refractivity contribution in [3.05, 3.63) is 35.8 Å². The second kappa shape index (κ2) is 7.64. The van der Waals surface area contributed by atoms with E-state index < -0.39 is 0 Å². The van der Waals surface area contributed by atoms with E-state index in [0.717, 1.165) is 10.9 Å². The first kappa shape index (κ1) is 17.3. The molecule has 2 heterocycles. The number of nitrogens with one attached hydrogen (secondary N) is 1. The van der Waals surface area contributed by atoms with Gasteiger partial charge in [-0.2, -0.15) is 0 Å². The number of benzene rings is 1. The van der Waals surface area contributed by atoms with Crippen LogP contribution in [-0.2, 0) is 0 Å². The zero-order valence-electron chi connectivity index (χ0n) is 15.1. The summed E-state index contributed by atoms with van der Waals surface area (Å²) in [5.74, 6) is 0.663. The SMILES string of the molecule is c1nnc(Nc2ccc(-c3cnc(C4CCCCC4)s3)c(SC3CC3)c2)o1. The van der Waals surface area contributed by atoms with Gasteiger partial charge in [0.05, 0.1) is 9.88 Å². The van der Waals surface area contributed by atoms with E-state index in [-0.39, 0.29) is 0 Å². The molecular formula is C20H22N4OS2. The summed E-state index contributed by atoms with van der Waals surface area (Å²) in [4.78, 5) is 7.38. The van der Waals surface area contributed by atoms with Crippen molar-refractivity contribution in [1.29, 1.82) is 0 Å². The van der Waals surface area contributed by atoms with Crippen molar-refractivity contribution in [1.82, 2.24) is 15.2 Å². The first-order valence-electron chi connectivity index (χ1n) is 9.65. The Kier molecular flexibility index (Phi) is 4.88. The van der Waals surface area contributed by atoms with Crippen LogP contribution in [0.25, 0.3) is 10.4 Å². The third-order valence-corrected chi connectivity index (χ3v) is 7.74. The Morgan fingerprint density at radius 1 is 1.11 bits per heavy atom. The van der Waals surface area contributed by atoms with E-state index in [1.54, 1.807) is 0 Å². The molecule has 0 radical (unpaired) electrons. The maximum atomic E-state index is 5.21. The van der Waals surface area contributed by atoms with Crippen molar-refractivity contribution in [2.75, 3.05) is 5.32 Å². The molecule has 1 aromatic carbocycles. The molecule has 0 saturated heterocycles. The Hall–Kier alpha value is -1.86. The summed E-state index contributed by atoms with van der Waals surface area (Å²) in [6.45, 7) is 0. The highest BCUT2D eigenvalue weighted by molar-refractivity contribution is 8.00. The second-order valence-electron chi connectivity index (χ2n) is 7.29. The predicted octanol–water partition coefficient (Wildman–Crippen LogP) is 6.24. The van der Waals surface area contributed by atoms with Crippen LogP contribution in [0.15, 0.2) is 40.1 Å². The topological polar surface area (TPSA) is 63.8 Å². The standard InChI is InChI=1S/C20H22N4OS2/c1-2-4-13(5-3-1)19-21-11-18(27-19)16-9-6-14(23-20-24-22-12-25-20)10-17(16)26-15-7-8-15/h6,9-13,15H,1-5,7-8H2,(H,23,24). The molecule has 5 rings (SSSR count). The molecule has 0 spiro atoms. The Balaban J connectivity index is 1.42. The highest BCUT2D eigenvalue weighted by Gasteiger charge is 2.25. The highest BCUT2D eigenvalue weighted by Crippen LogP contribution is 2.46. The van der Waals surface area contributed by atoms with E-state index in [1.165, 1.54) is 71.7 Å². The summed E-state index contributed by atoms with van der Waals surface area (Å²) in [5.41, 5.74) is 2.27. The molecule has 140 valence electrons. The van der Waals surface area contributed by atoms with E-state index in [0.29, 0.717) is 11.9 Å². The van der Waals surface area contributed by atoms with Gasteiger partial charge in [0.1, 0.15) is 0 Å². The summed E-state index contributed by atoms with van der Waals surface area (Å²) in [5, 5.41) is 12.9. The van der Waals surface area contributed by atoms with Crippen molar-refractivity contribution in [2.24, 2.45) is 0 Å². The van der Waals surface area contributed by atoms with E-state index >= 15 is 0 Å². The normalized spacial score (nSPS) is 17.9. The first-order valence-corrected chi connectivity index (χ1v) is 11.3. The summed E-state index contributed by atoms with van der Waals surface area (Å²) < 4.78 is 5.21. The van der Waals surface area contributed by atoms with E-state index in [9.17, 15) is 0 Å². The molecule has 1 N–H and O–H groups in total. The number of aromatic nitrogens is 3. The summed E-state index contributed by atoms with van der Waals surface area (Å²) in [6.07, 6.45) is 12.7. The maximum absolute atomic E-state index is 5.21. The zero-order valence-corrected chi connectivity index (χ0v) is 16.7. The monoisotopic (exact) mass is 398 g/mol. The molecule has 2 saturated carbocycles.